The third-order valence-corrected chi connectivity index (χ3v) is 3.08. The van der Waals surface area contributed by atoms with Crippen LogP contribution in [0, 0.1) is 6.92 Å². The molecule has 1 atom stereocenters. The van der Waals surface area contributed by atoms with E-state index in [1.54, 1.807) is 18.2 Å². The fraction of sp³-hybridized carbons (Fsp3) is 0.429. The molecule has 0 aromatic heterocycles. The molecule has 0 bridgehead atoms. The number of carboxylic acid groups (broad SMARTS) is 1. The maximum atomic E-state index is 11.8. The maximum Gasteiger partial charge on any atom is 0.320 e. The van der Waals surface area contributed by atoms with Crippen molar-refractivity contribution in [3.05, 3.63) is 28.8 Å². The molecule has 3 N–H and O–H groups in total. The number of hydrogen-bond donors (Lipinski definition) is 3. The van der Waals surface area contributed by atoms with Crippen LogP contribution in [0.25, 0.3) is 0 Å². The summed E-state index contributed by atoms with van der Waals surface area (Å²) in [5, 5.41) is 15.0. The summed E-state index contributed by atoms with van der Waals surface area (Å²) in [7, 11) is 0. The van der Waals surface area contributed by atoms with Crippen LogP contribution >= 0.6 is 24.0 Å². The summed E-state index contributed by atoms with van der Waals surface area (Å²) in [4.78, 5) is 22.7. The minimum absolute atomic E-state index is 0. The Morgan fingerprint density at radius 1 is 1.38 bits per heavy atom. The smallest absolute Gasteiger partial charge is 0.320 e. The lowest BCUT2D eigenvalue weighted by molar-refractivity contribution is -0.139. The van der Waals surface area contributed by atoms with Gasteiger partial charge in [-0.25, -0.2) is 0 Å². The molecule has 0 heterocycles. The lowest BCUT2D eigenvalue weighted by atomic mass is 10.1. The zero-order valence-electron chi connectivity index (χ0n) is 12.0. The molecule has 7 heteroatoms. The molecule has 1 amide bonds. The van der Waals surface area contributed by atoms with Gasteiger partial charge in [0.2, 0.25) is 5.91 Å². The van der Waals surface area contributed by atoms with E-state index >= 15 is 0 Å². The quantitative estimate of drug-likeness (QED) is 0.716. The molecule has 1 aromatic rings. The van der Waals surface area contributed by atoms with Gasteiger partial charge in [-0.3, -0.25) is 14.9 Å². The number of rotatable bonds is 7. The molecule has 0 aliphatic carbocycles. The van der Waals surface area contributed by atoms with Crippen LogP contribution in [-0.2, 0) is 9.59 Å². The number of carboxylic acids is 1. The van der Waals surface area contributed by atoms with Crippen LogP contribution < -0.4 is 10.6 Å². The van der Waals surface area contributed by atoms with Crippen LogP contribution in [-0.4, -0.2) is 29.6 Å². The van der Waals surface area contributed by atoms with E-state index in [1.807, 2.05) is 13.8 Å². The minimum Gasteiger partial charge on any atom is -0.480 e. The molecule has 1 aromatic carbocycles. The largest absolute Gasteiger partial charge is 0.480 e. The summed E-state index contributed by atoms with van der Waals surface area (Å²) >= 11 is 5.84. The molecule has 0 saturated heterocycles. The summed E-state index contributed by atoms with van der Waals surface area (Å²) in [5.41, 5.74) is 1.53. The first-order valence-electron chi connectivity index (χ1n) is 6.46. The average Bonchev–Trinajstić information content (AvgIpc) is 2.37. The van der Waals surface area contributed by atoms with Crippen LogP contribution in [0.3, 0.4) is 0 Å². The molecule has 0 radical (unpaired) electrons. The van der Waals surface area contributed by atoms with Crippen molar-refractivity contribution in [2.24, 2.45) is 0 Å². The second-order valence-corrected chi connectivity index (χ2v) is 5.00. The number of anilines is 1. The van der Waals surface area contributed by atoms with E-state index in [2.05, 4.69) is 10.6 Å². The van der Waals surface area contributed by atoms with Gasteiger partial charge in [0.25, 0.3) is 0 Å². The lowest BCUT2D eigenvalue weighted by Gasteiger charge is -2.14. The number of carbonyl (C=O) groups excluding carboxylic acids is 1. The Morgan fingerprint density at radius 3 is 2.57 bits per heavy atom. The van der Waals surface area contributed by atoms with E-state index in [1.165, 1.54) is 0 Å². The van der Waals surface area contributed by atoms with Crippen molar-refractivity contribution in [3.8, 4) is 0 Å². The van der Waals surface area contributed by atoms with Gasteiger partial charge in [0.15, 0.2) is 0 Å². The second kappa shape index (κ2) is 9.60. The van der Waals surface area contributed by atoms with Gasteiger partial charge in [0.1, 0.15) is 6.04 Å². The normalized spacial score (nSPS) is 11.4. The van der Waals surface area contributed by atoms with Gasteiger partial charge in [-0.15, -0.1) is 12.4 Å². The fourth-order valence-electron chi connectivity index (χ4n) is 1.78. The third-order valence-electron chi connectivity index (χ3n) is 2.85. The predicted octanol–water partition coefficient (Wildman–Crippen LogP) is 2.85. The highest BCUT2D eigenvalue weighted by molar-refractivity contribution is 6.30. The molecular weight excluding hydrogens is 315 g/mol. The highest BCUT2D eigenvalue weighted by Crippen LogP contribution is 2.19. The van der Waals surface area contributed by atoms with Gasteiger partial charge in [0.05, 0.1) is 6.54 Å². The van der Waals surface area contributed by atoms with Crippen LogP contribution in [0.4, 0.5) is 5.69 Å². The predicted molar refractivity (Wildman–Crippen MR) is 86.4 cm³/mol. The molecule has 0 aliphatic rings. The van der Waals surface area contributed by atoms with E-state index in [9.17, 15) is 9.59 Å². The van der Waals surface area contributed by atoms with Crippen LogP contribution in [0.2, 0.25) is 5.02 Å². The van der Waals surface area contributed by atoms with Crippen molar-refractivity contribution in [2.75, 3.05) is 11.9 Å². The number of amides is 1. The van der Waals surface area contributed by atoms with Crippen molar-refractivity contribution in [1.82, 2.24) is 5.32 Å². The molecule has 0 aliphatic heterocycles. The summed E-state index contributed by atoms with van der Waals surface area (Å²) in [6, 6.07) is 4.46. The van der Waals surface area contributed by atoms with Crippen molar-refractivity contribution in [3.63, 3.8) is 0 Å². The molecule has 1 rings (SSSR count). The molecule has 5 nitrogen and oxygen atoms in total. The zero-order chi connectivity index (χ0) is 15.1. The fourth-order valence-corrected chi connectivity index (χ4v) is 2.01. The number of aryl methyl sites for hydroxylation is 1. The average molecular weight is 335 g/mol. The van der Waals surface area contributed by atoms with Crippen molar-refractivity contribution in [1.29, 1.82) is 0 Å². The second-order valence-electron chi connectivity index (χ2n) is 4.57. The maximum absolute atomic E-state index is 11.8. The molecule has 0 spiro atoms. The number of carbonyl (C=O) groups is 2. The van der Waals surface area contributed by atoms with Gasteiger partial charge in [-0.1, -0.05) is 24.9 Å². The Labute approximate surface area is 135 Å². The van der Waals surface area contributed by atoms with E-state index in [4.69, 9.17) is 16.7 Å². The van der Waals surface area contributed by atoms with Gasteiger partial charge in [-0.05, 0) is 37.1 Å². The first kappa shape index (κ1) is 19.7. The van der Waals surface area contributed by atoms with E-state index in [-0.39, 0.29) is 24.9 Å². The number of benzene rings is 1. The zero-order valence-corrected chi connectivity index (χ0v) is 13.6. The van der Waals surface area contributed by atoms with Crippen LogP contribution in [0.1, 0.15) is 25.3 Å². The molecule has 21 heavy (non-hydrogen) atoms. The Hall–Kier alpha value is -1.30. The van der Waals surface area contributed by atoms with E-state index < -0.39 is 12.0 Å². The van der Waals surface area contributed by atoms with Crippen molar-refractivity contribution >= 4 is 41.6 Å². The molecule has 1 unspecified atom stereocenters. The SMILES string of the molecule is CCCC(NCC(=O)Nc1ccc(Cl)cc1C)C(=O)O.Cl. The number of hydrogen-bond acceptors (Lipinski definition) is 3. The third kappa shape index (κ3) is 6.80. The Kier molecular flexibility index (Phi) is 9.01. The van der Waals surface area contributed by atoms with Gasteiger partial charge >= 0.3 is 5.97 Å². The standard InChI is InChI=1S/C14H19ClN2O3.ClH/c1-3-4-12(14(19)20)16-8-13(18)17-11-6-5-10(15)7-9(11)2;/h5-7,12,16H,3-4,8H2,1-2H3,(H,17,18)(H,19,20);1H. The number of nitrogens with one attached hydrogen (secondary N) is 2. The molecular formula is C14H20Cl2N2O3. The minimum atomic E-state index is -0.942. The lowest BCUT2D eigenvalue weighted by Crippen LogP contribution is -2.41. The van der Waals surface area contributed by atoms with Crippen molar-refractivity contribution < 1.29 is 14.7 Å². The van der Waals surface area contributed by atoms with Gasteiger partial charge in [0, 0.05) is 10.7 Å². The monoisotopic (exact) mass is 334 g/mol. The molecule has 0 fully saturated rings. The first-order valence-corrected chi connectivity index (χ1v) is 6.84. The van der Waals surface area contributed by atoms with Crippen molar-refractivity contribution in [2.45, 2.75) is 32.7 Å². The highest BCUT2D eigenvalue weighted by Gasteiger charge is 2.16. The van der Waals surface area contributed by atoms with E-state index in [0.29, 0.717) is 17.1 Å². The van der Waals surface area contributed by atoms with Crippen LogP contribution in [0.5, 0.6) is 0 Å². The van der Waals surface area contributed by atoms with E-state index in [0.717, 1.165) is 12.0 Å². The topological polar surface area (TPSA) is 78.4 Å². The molecule has 118 valence electrons. The summed E-state index contributed by atoms with van der Waals surface area (Å²) in [6.07, 6.45) is 1.23. The number of halogens is 2. The Bertz CT molecular complexity index is 495. The Balaban J connectivity index is 0.00000400. The summed E-state index contributed by atoms with van der Waals surface area (Å²) < 4.78 is 0. The molecule has 0 saturated carbocycles. The Morgan fingerprint density at radius 2 is 2.05 bits per heavy atom. The highest BCUT2D eigenvalue weighted by atomic mass is 35.5. The van der Waals surface area contributed by atoms with Crippen LogP contribution in [0.15, 0.2) is 18.2 Å². The number of aliphatic carboxylic acids is 1. The summed E-state index contributed by atoms with van der Waals surface area (Å²) in [5.74, 6) is -1.22. The summed E-state index contributed by atoms with van der Waals surface area (Å²) in [6.45, 7) is 3.69. The van der Waals surface area contributed by atoms with Gasteiger partial charge < -0.3 is 10.4 Å². The first-order chi connectivity index (χ1) is 9.43. The van der Waals surface area contributed by atoms with Gasteiger partial charge in [-0.2, -0.15) is 0 Å².